The molecule has 0 atom stereocenters. The second-order valence-electron chi connectivity index (χ2n) is 7.60. The first kappa shape index (κ1) is 20.6. The molecule has 0 radical (unpaired) electrons. The second-order valence-corrected chi connectivity index (χ2v) is 10.1. The highest BCUT2D eigenvalue weighted by Crippen LogP contribution is 2.32. The topological polar surface area (TPSA) is 109 Å². The molecule has 1 aliphatic heterocycles. The van der Waals surface area contributed by atoms with E-state index in [0.717, 1.165) is 44.6 Å². The minimum absolute atomic E-state index is 0.0629. The molecule has 0 saturated heterocycles. The highest BCUT2D eigenvalue weighted by Gasteiger charge is 2.21. The van der Waals surface area contributed by atoms with Crippen LogP contribution in [0.3, 0.4) is 0 Å². The van der Waals surface area contributed by atoms with Crippen LogP contribution in [0.2, 0.25) is 0 Å². The normalized spacial score (nSPS) is 14.5. The number of carbonyl (C=O) groups excluding carboxylic acids is 1. The monoisotopic (exact) mass is 464 g/mol. The first-order valence-electron chi connectivity index (χ1n) is 10.0. The van der Waals surface area contributed by atoms with Gasteiger partial charge in [0.25, 0.3) is 5.91 Å². The molecule has 32 heavy (non-hydrogen) atoms. The van der Waals surface area contributed by atoms with Crippen molar-refractivity contribution in [2.45, 2.75) is 11.3 Å². The van der Waals surface area contributed by atoms with E-state index in [2.05, 4.69) is 16.0 Å². The Morgan fingerprint density at radius 1 is 1.16 bits per heavy atom. The molecule has 1 aliphatic rings. The third-order valence-corrected chi connectivity index (χ3v) is 7.37. The van der Waals surface area contributed by atoms with Gasteiger partial charge in [0.15, 0.2) is 0 Å². The van der Waals surface area contributed by atoms with Crippen LogP contribution < -0.4 is 5.14 Å². The number of hydrogen-bond acceptors (Lipinski definition) is 5. The van der Waals surface area contributed by atoms with E-state index >= 15 is 0 Å². The number of sulfonamides is 1. The van der Waals surface area contributed by atoms with Gasteiger partial charge in [-0.05, 0) is 47.2 Å². The van der Waals surface area contributed by atoms with Crippen LogP contribution >= 0.6 is 11.3 Å². The number of carbonyl (C=O) groups is 1. The van der Waals surface area contributed by atoms with Gasteiger partial charge in [-0.3, -0.25) is 4.79 Å². The fourth-order valence-corrected chi connectivity index (χ4v) is 5.18. The van der Waals surface area contributed by atoms with Gasteiger partial charge in [0, 0.05) is 42.0 Å². The molecule has 1 aromatic carbocycles. The lowest BCUT2D eigenvalue weighted by molar-refractivity contribution is 0.0777. The number of aromatic amines is 1. The summed E-state index contributed by atoms with van der Waals surface area (Å²) in [5, 5.41) is 8.14. The van der Waals surface area contributed by atoms with Gasteiger partial charge in [0.05, 0.1) is 9.77 Å². The van der Waals surface area contributed by atoms with Crippen LogP contribution in [0.1, 0.15) is 21.7 Å². The van der Waals surface area contributed by atoms with Crippen molar-refractivity contribution < 1.29 is 13.2 Å². The van der Waals surface area contributed by atoms with Crippen molar-refractivity contribution in [2.24, 2.45) is 5.14 Å². The highest BCUT2D eigenvalue weighted by molar-refractivity contribution is 7.89. The van der Waals surface area contributed by atoms with Crippen LogP contribution in [0.15, 0.2) is 71.2 Å². The summed E-state index contributed by atoms with van der Waals surface area (Å²) in [6.45, 7) is 1.21. The summed E-state index contributed by atoms with van der Waals surface area (Å²) in [5.74, 6) is 0.0629. The third-order valence-electron chi connectivity index (χ3n) is 5.60. The van der Waals surface area contributed by atoms with Crippen molar-refractivity contribution in [3.8, 4) is 11.1 Å². The SMILES string of the molecule is NS(=O)(=O)c1cccc(-c2cnc3[nH]cc(C4=CCN(C(=O)c5cccs5)CC4)c3c2)c1. The van der Waals surface area contributed by atoms with Crippen LogP contribution in [0.5, 0.6) is 0 Å². The zero-order chi connectivity index (χ0) is 22.3. The molecule has 0 aliphatic carbocycles. The van der Waals surface area contributed by atoms with E-state index in [1.165, 1.54) is 17.4 Å². The lowest BCUT2D eigenvalue weighted by Gasteiger charge is -2.26. The van der Waals surface area contributed by atoms with Crippen molar-refractivity contribution in [1.29, 1.82) is 0 Å². The number of thiophene rings is 1. The number of amides is 1. The summed E-state index contributed by atoms with van der Waals surface area (Å²) >= 11 is 1.46. The minimum atomic E-state index is -3.79. The Bertz CT molecular complexity index is 1450. The number of aromatic nitrogens is 2. The highest BCUT2D eigenvalue weighted by atomic mass is 32.2. The van der Waals surface area contributed by atoms with E-state index in [4.69, 9.17) is 5.14 Å². The molecule has 162 valence electrons. The second kappa shape index (κ2) is 8.01. The van der Waals surface area contributed by atoms with Crippen LogP contribution in [0, 0.1) is 0 Å². The number of nitrogens with two attached hydrogens (primary N) is 1. The predicted molar refractivity (Wildman–Crippen MR) is 126 cm³/mol. The number of nitrogens with one attached hydrogen (secondary N) is 1. The van der Waals surface area contributed by atoms with Crippen LogP contribution in [0.25, 0.3) is 27.7 Å². The average Bonchev–Trinajstić information content (AvgIpc) is 3.48. The summed E-state index contributed by atoms with van der Waals surface area (Å²) in [7, 11) is -3.79. The fourth-order valence-electron chi connectivity index (χ4n) is 3.93. The summed E-state index contributed by atoms with van der Waals surface area (Å²) < 4.78 is 23.4. The average molecular weight is 465 g/mol. The van der Waals surface area contributed by atoms with Gasteiger partial charge in [-0.15, -0.1) is 11.3 Å². The molecule has 4 aromatic rings. The van der Waals surface area contributed by atoms with Crippen molar-refractivity contribution >= 4 is 43.9 Å². The summed E-state index contributed by atoms with van der Waals surface area (Å²) in [4.78, 5) is 23.0. The lowest BCUT2D eigenvalue weighted by atomic mass is 9.98. The maximum Gasteiger partial charge on any atom is 0.264 e. The van der Waals surface area contributed by atoms with Gasteiger partial charge in [0.1, 0.15) is 5.65 Å². The lowest BCUT2D eigenvalue weighted by Crippen LogP contribution is -2.34. The van der Waals surface area contributed by atoms with Gasteiger partial charge < -0.3 is 9.88 Å². The maximum atomic E-state index is 12.6. The molecule has 0 unspecified atom stereocenters. The Kier molecular flexibility index (Phi) is 5.16. The summed E-state index contributed by atoms with van der Waals surface area (Å²) in [6, 6.07) is 12.3. The number of fused-ring (bicyclic) bond motifs is 1. The molecule has 7 nitrogen and oxygen atoms in total. The predicted octanol–water partition coefficient (Wildman–Crippen LogP) is 3.87. The number of nitrogens with zero attached hydrogens (tertiary/aromatic N) is 2. The van der Waals surface area contributed by atoms with Gasteiger partial charge in [-0.2, -0.15) is 0 Å². The van der Waals surface area contributed by atoms with Crippen molar-refractivity contribution in [2.75, 3.05) is 13.1 Å². The third kappa shape index (κ3) is 3.86. The number of benzene rings is 1. The molecule has 3 aromatic heterocycles. The van der Waals surface area contributed by atoms with Crippen LogP contribution in [0.4, 0.5) is 0 Å². The van der Waals surface area contributed by atoms with Crippen molar-refractivity contribution in [3.63, 3.8) is 0 Å². The molecule has 4 heterocycles. The van der Waals surface area contributed by atoms with Crippen molar-refractivity contribution in [1.82, 2.24) is 14.9 Å². The van der Waals surface area contributed by atoms with Gasteiger partial charge in [0.2, 0.25) is 10.0 Å². The fraction of sp³-hybridized carbons (Fsp3) is 0.130. The van der Waals surface area contributed by atoms with E-state index in [9.17, 15) is 13.2 Å². The Balaban J connectivity index is 1.46. The Labute approximate surface area is 189 Å². The van der Waals surface area contributed by atoms with Crippen molar-refractivity contribution in [3.05, 3.63) is 76.8 Å². The first-order valence-corrected chi connectivity index (χ1v) is 12.5. The number of rotatable bonds is 4. The van der Waals surface area contributed by atoms with E-state index in [-0.39, 0.29) is 10.8 Å². The number of pyridine rings is 1. The summed E-state index contributed by atoms with van der Waals surface area (Å²) in [5.41, 5.74) is 4.48. The number of hydrogen-bond donors (Lipinski definition) is 2. The maximum absolute atomic E-state index is 12.6. The molecule has 0 spiro atoms. The number of H-pyrrole nitrogens is 1. The number of primary sulfonamides is 1. The molecule has 0 bridgehead atoms. The first-order chi connectivity index (χ1) is 15.4. The smallest absolute Gasteiger partial charge is 0.264 e. The van der Waals surface area contributed by atoms with Crippen LogP contribution in [-0.2, 0) is 10.0 Å². The Morgan fingerprint density at radius 2 is 2.03 bits per heavy atom. The van der Waals surface area contributed by atoms with Gasteiger partial charge >= 0.3 is 0 Å². The van der Waals surface area contributed by atoms with Gasteiger partial charge in [-0.25, -0.2) is 18.5 Å². The molecule has 5 rings (SSSR count). The summed E-state index contributed by atoms with van der Waals surface area (Å²) in [6.07, 6.45) is 6.48. The quantitative estimate of drug-likeness (QED) is 0.478. The Hall–Kier alpha value is -3.27. The molecule has 0 fully saturated rings. The van der Waals surface area contributed by atoms with E-state index in [1.807, 2.05) is 40.7 Å². The minimum Gasteiger partial charge on any atom is -0.346 e. The molecule has 0 saturated carbocycles. The zero-order valence-electron chi connectivity index (χ0n) is 17.0. The molecular weight excluding hydrogens is 444 g/mol. The standard InChI is InChI=1S/C23H20N4O3S2/c24-32(29,30)18-4-1-3-16(11-18)17-12-19-20(14-26-22(19)25-13-17)15-6-8-27(9-7-15)23(28)21-5-2-10-31-21/h1-6,10-14H,7-9H2,(H,25,26)(H2,24,29,30). The Morgan fingerprint density at radius 3 is 2.75 bits per heavy atom. The zero-order valence-corrected chi connectivity index (χ0v) is 18.6. The largest absolute Gasteiger partial charge is 0.346 e. The van der Waals surface area contributed by atoms with E-state index < -0.39 is 10.0 Å². The molecule has 9 heteroatoms. The van der Waals surface area contributed by atoms with E-state index in [1.54, 1.807) is 18.3 Å². The van der Waals surface area contributed by atoms with E-state index in [0.29, 0.717) is 13.1 Å². The molecule has 3 N–H and O–H groups in total. The van der Waals surface area contributed by atoms with Gasteiger partial charge in [-0.1, -0.05) is 24.3 Å². The molecule has 1 amide bonds. The molecular formula is C23H20N4O3S2. The van der Waals surface area contributed by atoms with Crippen LogP contribution in [-0.4, -0.2) is 42.3 Å².